The first kappa shape index (κ1) is 31.7. The molecular weight excluding hydrogens is 568 g/mol. The second kappa shape index (κ2) is 15.3. The summed E-state index contributed by atoms with van der Waals surface area (Å²) in [6.45, 7) is 0. The zero-order valence-corrected chi connectivity index (χ0v) is 25.3. The minimum Gasteiger partial charge on any atom is -0.467 e. The maximum absolute atomic E-state index is 13.8. The number of aromatic nitrogens is 2. The maximum atomic E-state index is 13.8. The molecule has 0 aliphatic carbocycles. The molecule has 224 valence electrons. The number of rotatable bonds is 13. The Labute approximate surface area is 255 Å². The SMILES string of the molecule is COC(=O)[C@H](CCSC)NC(=O)c1cc(/C=C(/Cc2cncn2C)c2ccc(F)cc2)ccc1CCc1ccc(F)cc1. The topological polar surface area (TPSA) is 73.2 Å². The van der Waals surface area contributed by atoms with Crippen LogP contribution in [0.2, 0.25) is 0 Å². The van der Waals surface area contributed by atoms with Crippen LogP contribution in [0.25, 0.3) is 11.6 Å². The van der Waals surface area contributed by atoms with Crippen molar-refractivity contribution in [3.05, 3.63) is 124 Å². The van der Waals surface area contributed by atoms with Gasteiger partial charge >= 0.3 is 5.97 Å². The number of carbonyl (C=O) groups excluding carboxylic acids is 2. The summed E-state index contributed by atoms with van der Waals surface area (Å²) in [4.78, 5) is 30.4. The number of imidazole rings is 1. The lowest BCUT2D eigenvalue weighted by Crippen LogP contribution is -2.42. The number of esters is 1. The minimum absolute atomic E-state index is 0.304. The van der Waals surface area contributed by atoms with Gasteiger partial charge < -0.3 is 14.6 Å². The maximum Gasteiger partial charge on any atom is 0.328 e. The largest absolute Gasteiger partial charge is 0.467 e. The number of methoxy groups -OCH3 is 1. The number of halogens is 2. The molecule has 0 fully saturated rings. The number of amides is 1. The van der Waals surface area contributed by atoms with Gasteiger partial charge in [-0.25, -0.2) is 18.6 Å². The van der Waals surface area contributed by atoms with Crippen molar-refractivity contribution >= 4 is 35.3 Å². The third-order valence-electron chi connectivity index (χ3n) is 7.22. The third-order valence-corrected chi connectivity index (χ3v) is 7.86. The number of aryl methyl sites for hydroxylation is 3. The fourth-order valence-corrected chi connectivity index (χ4v) is 5.23. The molecule has 0 aliphatic rings. The average Bonchev–Trinajstić information content (AvgIpc) is 3.42. The Morgan fingerprint density at radius 3 is 2.35 bits per heavy atom. The van der Waals surface area contributed by atoms with Crippen molar-refractivity contribution in [1.82, 2.24) is 14.9 Å². The fraction of sp³-hybridized carbons (Fsp3) is 0.265. The lowest BCUT2D eigenvalue weighted by atomic mass is 9.94. The van der Waals surface area contributed by atoms with E-state index < -0.39 is 12.0 Å². The molecule has 1 heterocycles. The number of carbonyl (C=O) groups is 2. The number of ether oxygens (including phenoxy) is 1. The molecule has 9 heteroatoms. The van der Waals surface area contributed by atoms with E-state index in [1.807, 2.05) is 42.1 Å². The normalized spacial score (nSPS) is 12.2. The lowest BCUT2D eigenvalue weighted by molar-refractivity contribution is -0.142. The van der Waals surface area contributed by atoms with Gasteiger partial charge in [0.05, 0.1) is 13.4 Å². The zero-order valence-electron chi connectivity index (χ0n) is 24.5. The van der Waals surface area contributed by atoms with Gasteiger partial charge in [0, 0.05) is 30.9 Å². The summed E-state index contributed by atoms with van der Waals surface area (Å²) in [6, 6.07) is 17.5. The summed E-state index contributed by atoms with van der Waals surface area (Å²) in [5, 5.41) is 2.88. The van der Waals surface area contributed by atoms with Crippen molar-refractivity contribution < 1.29 is 23.1 Å². The molecule has 1 atom stereocenters. The standard InChI is InChI=1S/C34H35F2N3O3S/c1-39-22-37-21-30(39)20-27(25-10-14-29(36)15-11-25)18-24-5-9-26(8-4-23-6-12-28(35)13-7-23)31(19-24)33(40)38-32(16-17-43-3)34(41)42-2/h5-7,9-15,18-19,21-22,32H,4,8,16-17,20H2,1-3H3,(H,38,40)/b27-18-/t32-/m0/s1. The van der Waals surface area contributed by atoms with Crippen LogP contribution in [0.4, 0.5) is 8.78 Å². The first-order valence-electron chi connectivity index (χ1n) is 13.9. The van der Waals surface area contributed by atoms with Crippen LogP contribution in [0.1, 0.15) is 44.7 Å². The molecule has 0 unspecified atom stereocenters. The summed E-state index contributed by atoms with van der Waals surface area (Å²) in [7, 11) is 3.22. The van der Waals surface area contributed by atoms with E-state index in [2.05, 4.69) is 10.3 Å². The molecular formula is C34H35F2N3O3S. The van der Waals surface area contributed by atoms with Crippen LogP contribution in [0, 0.1) is 11.6 Å². The van der Waals surface area contributed by atoms with Crippen LogP contribution in [-0.4, -0.2) is 46.6 Å². The first-order chi connectivity index (χ1) is 20.8. The highest BCUT2D eigenvalue weighted by atomic mass is 32.2. The molecule has 0 bridgehead atoms. The smallest absolute Gasteiger partial charge is 0.328 e. The number of hydrogen-bond acceptors (Lipinski definition) is 5. The molecule has 1 aromatic heterocycles. The van der Waals surface area contributed by atoms with E-state index in [9.17, 15) is 18.4 Å². The molecule has 6 nitrogen and oxygen atoms in total. The molecule has 1 N–H and O–H groups in total. The Bertz CT molecular complexity index is 1570. The summed E-state index contributed by atoms with van der Waals surface area (Å²) < 4.78 is 34.1. The Hall–Kier alpha value is -4.24. The van der Waals surface area contributed by atoms with Gasteiger partial charge in [-0.2, -0.15) is 11.8 Å². The molecule has 4 rings (SSSR count). The monoisotopic (exact) mass is 603 g/mol. The number of allylic oxidation sites excluding steroid dienone is 1. The summed E-state index contributed by atoms with van der Waals surface area (Å²) in [5.41, 5.74) is 5.68. The number of thioether (sulfide) groups is 1. The minimum atomic E-state index is -0.784. The van der Waals surface area contributed by atoms with Crippen molar-refractivity contribution in [2.24, 2.45) is 7.05 Å². The van der Waals surface area contributed by atoms with E-state index in [-0.39, 0.29) is 17.5 Å². The van der Waals surface area contributed by atoms with Crippen LogP contribution in [0.3, 0.4) is 0 Å². The summed E-state index contributed by atoms with van der Waals surface area (Å²) in [5.74, 6) is -0.830. The Kier molecular flexibility index (Phi) is 11.3. The molecule has 4 aromatic rings. The molecule has 43 heavy (non-hydrogen) atoms. The van der Waals surface area contributed by atoms with Gasteiger partial charge in [0.1, 0.15) is 17.7 Å². The molecule has 1 amide bonds. The van der Waals surface area contributed by atoms with Crippen molar-refractivity contribution in [3.8, 4) is 0 Å². The third kappa shape index (κ3) is 8.88. The van der Waals surface area contributed by atoms with Crippen LogP contribution in [0.15, 0.2) is 79.3 Å². The number of nitrogens with zero attached hydrogens (tertiary/aromatic N) is 2. The van der Waals surface area contributed by atoms with Crippen LogP contribution in [-0.2, 0) is 35.8 Å². The van der Waals surface area contributed by atoms with E-state index in [4.69, 9.17) is 4.74 Å². The van der Waals surface area contributed by atoms with Gasteiger partial charge in [-0.15, -0.1) is 0 Å². The number of nitrogens with one attached hydrogen (secondary N) is 1. The predicted molar refractivity (Wildman–Crippen MR) is 168 cm³/mol. The molecule has 0 aliphatic heterocycles. The van der Waals surface area contributed by atoms with E-state index in [1.54, 1.807) is 48.6 Å². The molecule has 3 aromatic carbocycles. The van der Waals surface area contributed by atoms with E-state index in [0.717, 1.165) is 33.5 Å². The van der Waals surface area contributed by atoms with Gasteiger partial charge in [0.2, 0.25) is 0 Å². The van der Waals surface area contributed by atoms with Crippen LogP contribution in [0.5, 0.6) is 0 Å². The highest BCUT2D eigenvalue weighted by Gasteiger charge is 2.23. The quantitative estimate of drug-likeness (QED) is 0.144. The van der Waals surface area contributed by atoms with Gasteiger partial charge in [-0.3, -0.25) is 4.79 Å². The van der Waals surface area contributed by atoms with Gasteiger partial charge in [-0.1, -0.05) is 42.5 Å². The number of benzene rings is 3. The zero-order chi connectivity index (χ0) is 30.8. The van der Waals surface area contributed by atoms with Gasteiger partial charge in [0.25, 0.3) is 5.91 Å². The Morgan fingerprint density at radius 2 is 1.72 bits per heavy atom. The predicted octanol–water partition coefficient (Wildman–Crippen LogP) is 6.29. The fourth-order valence-electron chi connectivity index (χ4n) is 4.76. The van der Waals surface area contributed by atoms with Gasteiger partial charge in [-0.05, 0) is 89.4 Å². The molecule has 0 saturated carbocycles. The van der Waals surface area contributed by atoms with Crippen LogP contribution < -0.4 is 5.32 Å². The second-order valence-electron chi connectivity index (χ2n) is 10.2. The first-order valence-corrected chi connectivity index (χ1v) is 15.3. The van der Waals surface area contributed by atoms with Crippen molar-refractivity contribution in [3.63, 3.8) is 0 Å². The lowest BCUT2D eigenvalue weighted by Gasteiger charge is -2.18. The molecule has 0 saturated heterocycles. The van der Waals surface area contributed by atoms with E-state index in [0.29, 0.717) is 37.0 Å². The highest BCUT2D eigenvalue weighted by molar-refractivity contribution is 7.98. The second-order valence-corrected chi connectivity index (χ2v) is 11.2. The van der Waals surface area contributed by atoms with Crippen molar-refractivity contribution in [2.75, 3.05) is 19.1 Å². The van der Waals surface area contributed by atoms with E-state index >= 15 is 0 Å². The Balaban J connectivity index is 1.72. The molecule has 0 radical (unpaired) electrons. The molecule has 0 spiro atoms. The van der Waals surface area contributed by atoms with Gasteiger partial charge in [0.15, 0.2) is 0 Å². The van der Waals surface area contributed by atoms with E-state index in [1.165, 1.54) is 31.4 Å². The van der Waals surface area contributed by atoms with Crippen molar-refractivity contribution in [1.29, 1.82) is 0 Å². The Morgan fingerprint density at radius 1 is 1.02 bits per heavy atom. The van der Waals surface area contributed by atoms with Crippen molar-refractivity contribution in [2.45, 2.75) is 31.7 Å². The van der Waals surface area contributed by atoms with Crippen LogP contribution >= 0.6 is 11.8 Å². The highest BCUT2D eigenvalue weighted by Crippen LogP contribution is 2.25. The summed E-state index contributed by atoms with van der Waals surface area (Å²) in [6.07, 6.45) is 9.53. The number of hydrogen-bond donors (Lipinski definition) is 1. The average molecular weight is 604 g/mol. The summed E-state index contributed by atoms with van der Waals surface area (Å²) >= 11 is 1.58.